The number of carbonyl (C=O) groups excluding carboxylic acids is 1. The molecule has 1 aliphatic heterocycles. The molecule has 0 aromatic heterocycles. The van der Waals surface area contributed by atoms with E-state index >= 15 is 0 Å². The molecule has 3 aromatic carbocycles. The fraction of sp³-hybridized carbons (Fsp3) is 0.222. The molecule has 3 aromatic rings. The first-order valence-corrected chi connectivity index (χ1v) is 12.1. The maximum Gasteiger partial charge on any atom is 0.325 e. The largest absolute Gasteiger partial charge is 0.480 e. The lowest BCUT2D eigenvalue weighted by molar-refractivity contribution is -0.135. The Kier molecular flexibility index (Phi) is 8.18. The molecule has 180 valence electrons. The van der Waals surface area contributed by atoms with Gasteiger partial charge >= 0.3 is 5.97 Å². The lowest BCUT2D eigenvalue weighted by atomic mass is 10.00. The Morgan fingerprint density at radius 2 is 1.74 bits per heavy atom. The van der Waals surface area contributed by atoms with E-state index in [1.807, 2.05) is 18.2 Å². The molecule has 1 amide bonds. The maximum atomic E-state index is 13.4. The molecule has 0 saturated carbocycles. The molecule has 0 aliphatic carbocycles. The Morgan fingerprint density at radius 3 is 2.49 bits per heavy atom. The third kappa shape index (κ3) is 6.28. The van der Waals surface area contributed by atoms with Gasteiger partial charge in [0, 0.05) is 27.7 Å². The van der Waals surface area contributed by atoms with E-state index in [-0.39, 0.29) is 11.9 Å². The lowest BCUT2D eigenvalue weighted by Crippen LogP contribution is -2.39. The quantitative estimate of drug-likeness (QED) is 0.391. The van der Waals surface area contributed by atoms with Crippen molar-refractivity contribution in [2.45, 2.75) is 25.4 Å². The average Bonchev–Trinajstić information content (AvgIpc) is 3.30. The molecule has 1 heterocycles. The van der Waals surface area contributed by atoms with E-state index in [0.717, 1.165) is 24.9 Å². The van der Waals surface area contributed by atoms with Gasteiger partial charge in [0.2, 0.25) is 5.91 Å². The van der Waals surface area contributed by atoms with Crippen LogP contribution in [0.25, 0.3) is 0 Å². The van der Waals surface area contributed by atoms with E-state index in [0.29, 0.717) is 39.1 Å². The van der Waals surface area contributed by atoms with Crippen LogP contribution in [0.15, 0.2) is 77.8 Å². The SMILES string of the molecule is O=C(O)CN=C(c1ccccc1Cl)c1cc(Cl)ccc1NC(=O)[C@@H]1CCCN1Cc1ccccc1. The summed E-state index contributed by atoms with van der Waals surface area (Å²) in [5.41, 5.74) is 3.06. The maximum absolute atomic E-state index is 13.4. The molecule has 0 bridgehead atoms. The highest BCUT2D eigenvalue weighted by molar-refractivity contribution is 6.36. The molecular weight excluding hydrogens is 485 g/mol. The van der Waals surface area contributed by atoms with Crippen molar-refractivity contribution in [2.75, 3.05) is 18.4 Å². The molecule has 4 rings (SSSR count). The van der Waals surface area contributed by atoms with Gasteiger partial charge < -0.3 is 10.4 Å². The van der Waals surface area contributed by atoms with Gasteiger partial charge in [-0.25, -0.2) is 0 Å². The normalized spacial score (nSPS) is 16.3. The fourth-order valence-corrected chi connectivity index (χ4v) is 4.68. The number of amides is 1. The molecule has 1 aliphatic rings. The van der Waals surface area contributed by atoms with Crippen LogP contribution in [0.2, 0.25) is 10.0 Å². The molecule has 35 heavy (non-hydrogen) atoms. The summed E-state index contributed by atoms with van der Waals surface area (Å²) in [6.45, 7) is 1.08. The summed E-state index contributed by atoms with van der Waals surface area (Å²) in [6.07, 6.45) is 1.69. The zero-order valence-electron chi connectivity index (χ0n) is 19.0. The van der Waals surface area contributed by atoms with Crippen LogP contribution in [0.4, 0.5) is 5.69 Å². The van der Waals surface area contributed by atoms with Crippen molar-refractivity contribution >= 4 is 46.5 Å². The molecule has 1 fully saturated rings. The number of hydrogen-bond acceptors (Lipinski definition) is 4. The van der Waals surface area contributed by atoms with Crippen LogP contribution in [0.1, 0.15) is 29.5 Å². The van der Waals surface area contributed by atoms with E-state index in [1.165, 1.54) is 0 Å². The highest BCUT2D eigenvalue weighted by Crippen LogP contribution is 2.29. The van der Waals surface area contributed by atoms with E-state index < -0.39 is 12.5 Å². The van der Waals surface area contributed by atoms with Crippen molar-refractivity contribution in [3.05, 3.63) is 99.5 Å². The van der Waals surface area contributed by atoms with E-state index in [1.54, 1.807) is 42.5 Å². The number of hydrogen-bond donors (Lipinski definition) is 2. The van der Waals surface area contributed by atoms with Gasteiger partial charge in [-0.15, -0.1) is 0 Å². The van der Waals surface area contributed by atoms with E-state index in [4.69, 9.17) is 23.2 Å². The first-order valence-electron chi connectivity index (χ1n) is 11.3. The average molecular weight is 510 g/mol. The van der Waals surface area contributed by atoms with Crippen molar-refractivity contribution in [1.82, 2.24) is 4.90 Å². The molecule has 1 atom stereocenters. The van der Waals surface area contributed by atoms with Crippen molar-refractivity contribution in [2.24, 2.45) is 4.99 Å². The van der Waals surface area contributed by atoms with Crippen LogP contribution in [-0.2, 0) is 16.1 Å². The standard InChI is InChI=1S/C27H25Cl2N3O3/c28-19-12-13-23(21(15-19)26(30-16-25(33)34)20-9-4-5-10-22(20)29)31-27(35)24-11-6-14-32(24)17-18-7-2-1-3-8-18/h1-5,7-10,12-13,15,24H,6,11,14,16-17H2,(H,31,35)(H,33,34)/t24-/m0/s1. The van der Waals surface area contributed by atoms with Crippen LogP contribution < -0.4 is 5.32 Å². The van der Waals surface area contributed by atoms with Crippen LogP contribution in [-0.4, -0.2) is 46.7 Å². The van der Waals surface area contributed by atoms with Gasteiger partial charge in [0.25, 0.3) is 0 Å². The number of carboxylic acid groups (broad SMARTS) is 1. The zero-order chi connectivity index (χ0) is 24.8. The highest BCUT2D eigenvalue weighted by atomic mass is 35.5. The van der Waals surface area contributed by atoms with Gasteiger partial charge in [-0.3, -0.25) is 19.5 Å². The van der Waals surface area contributed by atoms with Crippen molar-refractivity contribution in [1.29, 1.82) is 0 Å². The van der Waals surface area contributed by atoms with Crippen LogP contribution in [0, 0.1) is 0 Å². The summed E-state index contributed by atoms with van der Waals surface area (Å²) in [4.78, 5) is 31.2. The molecule has 6 nitrogen and oxygen atoms in total. The van der Waals surface area contributed by atoms with Gasteiger partial charge in [-0.05, 0) is 49.2 Å². The summed E-state index contributed by atoms with van der Waals surface area (Å²) in [7, 11) is 0. The smallest absolute Gasteiger partial charge is 0.325 e. The summed E-state index contributed by atoms with van der Waals surface area (Å²) >= 11 is 12.7. The molecule has 1 saturated heterocycles. The van der Waals surface area contributed by atoms with E-state index in [9.17, 15) is 14.7 Å². The van der Waals surface area contributed by atoms with Crippen LogP contribution in [0.5, 0.6) is 0 Å². The summed E-state index contributed by atoms with van der Waals surface area (Å²) in [5.74, 6) is -1.21. The Bertz CT molecular complexity index is 1250. The van der Waals surface area contributed by atoms with Gasteiger partial charge in [-0.1, -0.05) is 71.7 Å². The minimum atomic E-state index is -1.08. The Balaban J connectivity index is 1.64. The Labute approximate surface area is 214 Å². The third-order valence-electron chi connectivity index (χ3n) is 5.89. The Morgan fingerprint density at radius 1 is 1.00 bits per heavy atom. The van der Waals surface area contributed by atoms with Gasteiger partial charge in [-0.2, -0.15) is 0 Å². The van der Waals surface area contributed by atoms with E-state index in [2.05, 4.69) is 27.3 Å². The number of carbonyl (C=O) groups is 2. The second kappa shape index (κ2) is 11.5. The molecule has 0 spiro atoms. The summed E-state index contributed by atoms with van der Waals surface area (Å²) < 4.78 is 0. The number of nitrogens with one attached hydrogen (secondary N) is 1. The zero-order valence-corrected chi connectivity index (χ0v) is 20.5. The van der Waals surface area contributed by atoms with Crippen LogP contribution >= 0.6 is 23.2 Å². The van der Waals surface area contributed by atoms with Crippen LogP contribution in [0.3, 0.4) is 0 Å². The lowest BCUT2D eigenvalue weighted by Gasteiger charge is -2.24. The minimum absolute atomic E-state index is 0.126. The topological polar surface area (TPSA) is 82.0 Å². The minimum Gasteiger partial charge on any atom is -0.480 e. The number of likely N-dealkylation sites (tertiary alicyclic amines) is 1. The van der Waals surface area contributed by atoms with Gasteiger partial charge in [0.15, 0.2) is 0 Å². The summed E-state index contributed by atoms with van der Waals surface area (Å²) in [5, 5.41) is 13.1. The third-order valence-corrected chi connectivity index (χ3v) is 6.46. The molecule has 2 N–H and O–H groups in total. The number of rotatable bonds is 8. The van der Waals surface area contributed by atoms with Gasteiger partial charge in [0.05, 0.1) is 17.4 Å². The highest BCUT2D eigenvalue weighted by Gasteiger charge is 2.31. The second-order valence-electron chi connectivity index (χ2n) is 8.33. The number of aliphatic imine (C=N–C) groups is 1. The first-order chi connectivity index (χ1) is 16.9. The summed E-state index contributed by atoms with van der Waals surface area (Å²) in [6, 6.07) is 21.9. The number of halogens is 2. The second-order valence-corrected chi connectivity index (χ2v) is 9.18. The molecular formula is C27H25Cl2N3O3. The van der Waals surface area contributed by atoms with Crippen molar-refractivity contribution < 1.29 is 14.7 Å². The number of carboxylic acids is 1. The predicted octanol–water partition coefficient (Wildman–Crippen LogP) is 5.52. The van der Waals surface area contributed by atoms with Crippen molar-refractivity contribution in [3.63, 3.8) is 0 Å². The molecule has 0 unspecified atom stereocenters. The number of benzene rings is 3. The fourth-order valence-electron chi connectivity index (χ4n) is 4.28. The molecule has 8 heteroatoms. The molecule has 0 radical (unpaired) electrons. The predicted molar refractivity (Wildman–Crippen MR) is 140 cm³/mol. The number of nitrogens with zero attached hydrogens (tertiary/aromatic N) is 2. The number of aliphatic carboxylic acids is 1. The van der Waals surface area contributed by atoms with Crippen molar-refractivity contribution in [3.8, 4) is 0 Å². The Hall–Kier alpha value is -3.19. The monoisotopic (exact) mass is 509 g/mol. The number of anilines is 1. The van der Waals surface area contributed by atoms with Gasteiger partial charge in [0.1, 0.15) is 6.54 Å². The first kappa shape index (κ1) is 24.9.